The molecule has 3 nitrogen and oxygen atoms in total. The fourth-order valence-electron chi connectivity index (χ4n) is 2.45. The molecule has 2 rings (SSSR count). The summed E-state index contributed by atoms with van der Waals surface area (Å²) in [7, 11) is 0. The highest BCUT2D eigenvalue weighted by Crippen LogP contribution is 2.43. The van der Waals surface area contributed by atoms with Crippen molar-refractivity contribution in [2.45, 2.75) is 25.6 Å². The molecule has 116 valence electrons. The number of hydrogen-bond acceptors (Lipinski definition) is 2. The molecular weight excluding hydrogens is 288 g/mol. The lowest BCUT2D eigenvalue weighted by Gasteiger charge is -2.31. The van der Waals surface area contributed by atoms with E-state index >= 15 is 0 Å². The first-order valence-corrected chi connectivity index (χ1v) is 6.60. The number of alkyl halides is 3. The maximum Gasteiger partial charge on any atom is 0.404 e. The van der Waals surface area contributed by atoms with Crippen LogP contribution < -0.4 is 10.6 Å². The number of nitrogens with one attached hydrogen (secondary N) is 2. The molecule has 7 heteroatoms. The monoisotopic (exact) mass is 304 g/mol. The second kappa shape index (κ2) is 5.63. The van der Waals surface area contributed by atoms with E-state index in [0.29, 0.717) is 5.56 Å². The van der Waals surface area contributed by atoms with E-state index in [2.05, 4.69) is 10.6 Å². The lowest BCUT2D eigenvalue weighted by atomic mass is 9.84. The highest BCUT2D eigenvalue weighted by molar-refractivity contribution is 5.84. The Bertz CT molecular complexity index is 524. The van der Waals surface area contributed by atoms with Crippen molar-refractivity contribution in [3.8, 4) is 0 Å². The molecule has 1 aliphatic rings. The van der Waals surface area contributed by atoms with Crippen molar-refractivity contribution in [2.24, 2.45) is 5.41 Å². The molecule has 1 aromatic rings. The highest BCUT2D eigenvalue weighted by Gasteiger charge is 2.61. The number of hydrogen-bond donors (Lipinski definition) is 2. The quantitative estimate of drug-likeness (QED) is 0.843. The molecule has 1 aliphatic heterocycles. The van der Waals surface area contributed by atoms with Crippen molar-refractivity contribution in [2.75, 3.05) is 13.1 Å². The van der Waals surface area contributed by atoms with Crippen molar-refractivity contribution in [1.82, 2.24) is 10.6 Å². The van der Waals surface area contributed by atoms with Gasteiger partial charge < -0.3 is 10.6 Å². The van der Waals surface area contributed by atoms with Crippen LogP contribution in [0.4, 0.5) is 17.6 Å². The normalized spacial score (nSPS) is 23.9. The highest BCUT2D eigenvalue weighted by atomic mass is 19.4. The van der Waals surface area contributed by atoms with Crippen LogP contribution in [0.15, 0.2) is 24.3 Å². The zero-order valence-electron chi connectivity index (χ0n) is 11.4. The van der Waals surface area contributed by atoms with Crippen molar-refractivity contribution < 1.29 is 22.4 Å². The Balaban J connectivity index is 2.16. The summed E-state index contributed by atoms with van der Waals surface area (Å²) in [5, 5.41) is 4.93. The summed E-state index contributed by atoms with van der Waals surface area (Å²) in [5.74, 6) is -1.57. The van der Waals surface area contributed by atoms with E-state index in [-0.39, 0.29) is 13.0 Å². The van der Waals surface area contributed by atoms with Crippen LogP contribution in [0, 0.1) is 11.2 Å². The van der Waals surface area contributed by atoms with E-state index in [1.807, 2.05) is 0 Å². The van der Waals surface area contributed by atoms with Gasteiger partial charge in [0.05, 0.1) is 6.04 Å². The van der Waals surface area contributed by atoms with E-state index in [1.54, 1.807) is 6.07 Å². The smallest absolute Gasteiger partial charge is 0.349 e. The first-order valence-electron chi connectivity index (χ1n) is 6.60. The third-order valence-corrected chi connectivity index (χ3v) is 3.83. The van der Waals surface area contributed by atoms with Gasteiger partial charge in [-0.15, -0.1) is 0 Å². The Kier molecular flexibility index (Phi) is 4.22. The van der Waals surface area contributed by atoms with Crippen LogP contribution in [0.3, 0.4) is 0 Å². The molecule has 0 aliphatic carbocycles. The van der Waals surface area contributed by atoms with Gasteiger partial charge in [-0.05, 0) is 37.6 Å². The molecule has 1 aromatic carbocycles. The second-order valence-electron chi connectivity index (χ2n) is 5.26. The SMILES string of the molecule is C[C@@H](NC(=O)C1(C(F)(F)F)CCNC1)c1cccc(F)c1. The zero-order chi connectivity index (χ0) is 15.7. The average molecular weight is 304 g/mol. The largest absolute Gasteiger partial charge is 0.404 e. The summed E-state index contributed by atoms with van der Waals surface area (Å²) in [6.45, 7) is 1.23. The van der Waals surface area contributed by atoms with Crippen LogP contribution in [0.2, 0.25) is 0 Å². The maximum absolute atomic E-state index is 13.2. The number of halogens is 4. The molecule has 2 atom stereocenters. The van der Waals surface area contributed by atoms with E-state index in [0.717, 1.165) is 0 Å². The first-order chi connectivity index (χ1) is 9.76. The molecule has 0 saturated carbocycles. The first kappa shape index (κ1) is 15.8. The predicted molar refractivity (Wildman–Crippen MR) is 68.9 cm³/mol. The molecule has 0 spiro atoms. The summed E-state index contributed by atoms with van der Waals surface area (Å²) >= 11 is 0. The summed E-state index contributed by atoms with van der Waals surface area (Å²) in [4.78, 5) is 12.1. The predicted octanol–water partition coefficient (Wildman–Crippen LogP) is 2.54. The standard InChI is InChI=1S/C14H16F4N2O/c1-9(10-3-2-4-11(15)7-10)20-12(21)13(14(16,17)18)5-6-19-8-13/h2-4,7,9,19H,5-6,8H2,1H3,(H,20,21)/t9-,13?/m1/s1. The molecule has 1 heterocycles. The second-order valence-corrected chi connectivity index (χ2v) is 5.26. The fraction of sp³-hybridized carbons (Fsp3) is 0.500. The van der Waals surface area contributed by atoms with E-state index in [4.69, 9.17) is 0 Å². The molecular formula is C14H16F4N2O. The van der Waals surface area contributed by atoms with Gasteiger partial charge in [0, 0.05) is 6.54 Å². The number of rotatable bonds is 3. The Morgan fingerprint density at radius 1 is 1.43 bits per heavy atom. The van der Waals surface area contributed by atoms with E-state index < -0.39 is 35.9 Å². The van der Waals surface area contributed by atoms with Gasteiger partial charge in [-0.25, -0.2) is 4.39 Å². The lowest BCUT2D eigenvalue weighted by molar-refractivity contribution is -0.216. The van der Waals surface area contributed by atoms with Crippen LogP contribution >= 0.6 is 0 Å². The van der Waals surface area contributed by atoms with Gasteiger partial charge in [-0.2, -0.15) is 13.2 Å². The van der Waals surface area contributed by atoms with Gasteiger partial charge in [0.25, 0.3) is 0 Å². The molecule has 21 heavy (non-hydrogen) atoms. The molecule has 0 aromatic heterocycles. The van der Waals surface area contributed by atoms with Crippen LogP contribution in [-0.4, -0.2) is 25.2 Å². The number of benzene rings is 1. The molecule has 1 saturated heterocycles. The van der Waals surface area contributed by atoms with Crippen LogP contribution in [0.25, 0.3) is 0 Å². The molecule has 2 N–H and O–H groups in total. The number of amides is 1. The van der Waals surface area contributed by atoms with Crippen LogP contribution in [0.5, 0.6) is 0 Å². The molecule has 1 fully saturated rings. The van der Waals surface area contributed by atoms with Crippen molar-refractivity contribution in [3.63, 3.8) is 0 Å². The molecule has 0 bridgehead atoms. The lowest BCUT2D eigenvalue weighted by Crippen LogP contribution is -2.52. The van der Waals surface area contributed by atoms with E-state index in [1.165, 1.54) is 25.1 Å². The van der Waals surface area contributed by atoms with Crippen LogP contribution in [0.1, 0.15) is 24.9 Å². The summed E-state index contributed by atoms with van der Waals surface area (Å²) in [6, 6.07) is 4.73. The molecule has 1 unspecified atom stereocenters. The van der Waals surface area contributed by atoms with E-state index in [9.17, 15) is 22.4 Å². The average Bonchev–Trinajstić information content (AvgIpc) is 2.88. The third-order valence-electron chi connectivity index (χ3n) is 3.83. The maximum atomic E-state index is 13.2. The summed E-state index contributed by atoms with van der Waals surface area (Å²) in [6.07, 6.45) is -4.92. The minimum Gasteiger partial charge on any atom is -0.349 e. The van der Waals surface area contributed by atoms with Gasteiger partial charge in [-0.3, -0.25) is 4.79 Å². The van der Waals surface area contributed by atoms with Crippen LogP contribution in [-0.2, 0) is 4.79 Å². The van der Waals surface area contributed by atoms with Crippen molar-refractivity contribution in [1.29, 1.82) is 0 Å². The molecule has 1 amide bonds. The topological polar surface area (TPSA) is 41.1 Å². The summed E-state index contributed by atoms with van der Waals surface area (Å²) in [5.41, 5.74) is -1.99. The third kappa shape index (κ3) is 3.02. The van der Waals surface area contributed by atoms with Gasteiger partial charge in [-0.1, -0.05) is 12.1 Å². The van der Waals surface area contributed by atoms with Gasteiger partial charge in [0.1, 0.15) is 5.82 Å². The fourth-order valence-corrected chi connectivity index (χ4v) is 2.45. The van der Waals surface area contributed by atoms with Gasteiger partial charge in [0.15, 0.2) is 5.41 Å². The minimum absolute atomic E-state index is 0.140. The Labute approximate surface area is 119 Å². The van der Waals surface area contributed by atoms with Crippen molar-refractivity contribution in [3.05, 3.63) is 35.6 Å². The van der Waals surface area contributed by atoms with Gasteiger partial charge >= 0.3 is 6.18 Å². The van der Waals surface area contributed by atoms with Gasteiger partial charge in [0.2, 0.25) is 5.91 Å². The molecule has 0 radical (unpaired) electrons. The minimum atomic E-state index is -4.62. The Morgan fingerprint density at radius 3 is 2.67 bits per heavy atom. The number of carbonyl (C=O) groups is 1. The van der Waals surface area contributed by atoms with Crippen molar-refractivity contribution >= 4 is 5.91 Å². The Hall–Kier alpha value is -1.63. The summed E-state index contributed by atoms with van der Waals surface area (Å²) < 4.78 is 52.8. The number of carbonyl (C=O) groups excluding carboxylic acids is 1. The Morgan fingerprint density at radius 2 is 2.14 bits per heavy atom. The zero-order valence-corrected chi connectivity index (χ0v) is 11.4.